The molecule has 19 heavy (non-hydrogen) atoms. The van der Waals surface area contributed by atoms with Crippen LogP contribution in [0.5, 0.6) is 0 Å². The fourth-order valence-electron chi connectivity index (χ4n) is 2.09. The highest BCUT2D eigenvalue weighted by Crippen LogP contribution is 2.26. The SMILES string of the molecule is CC(C)Cc1ccc(-c2nn3cc(N)nc3s2)cc1. The van der Waals surface area contributed by atoms with Crippen molar-refractivity contribution in [2.75, 3.05) is 5.73 Å². The van der Waals surface area contributed by atoms with E-state index in [4.69, 9.17) is 5.73 Å². The van der Waals surface area contributed by atoms with Crippen LogP contribution in [0.1, 0.15) is 19.4 Å². The lowest BCUT2D eigenvalue weighted by molar-refractivity contribution is 0.647. The molecule has 0 aliphatic heterocycles. The van der Waals surface area contributed by atoms with E-state index in [2.05, 4.69) is 48.2 Å². The third-order valence-corrected chi connectivity index (χ3v) is 3.88. The number of benzene rings is 1. The Labute approximate surface area is 115 Å². The summed E-state index contributed by atoms with van der Waals surface area (Å²) in [5.74, 6) is 1.19. The van der Waals surface area contributed by atoms with Gasteiger partial charge in [-0.25, -0.2) is 9.50 Å². The molecule has 0 saturated heterocycles. The van der Waals surface area contributed by atoms with Gasteiger partial charge in [0.1, 0.15) is 10.8 Å². The van der Waals surface area contributed by atoms with Crippen LogP contribution in [0, 0.1) is 5.92 Å². The van der Waals surface area contributed by atoms with E-state index < -0.39 is 0 Å². The molecule has 2 aromatic heterocycles. The Bertz CT molecular complexity index is 662. The van der Waals surface area contributed by atoms with Gasteiger partial charge in [0.2, 0.25) is 4.96 Å². The van der Waals surface area contributed by atoms with Crippen LogP contribution < -0.4 is 5.73 Å². The number of nitrogen functional groups attached to an aromatic ring is 1. The Hall–Kier alpha value is -1.88. The number of fused-ring (bicyclic) bond motifs is 1. The summed E-state index contributed by atoms with van der Waals surface area (Å²) < 4.78 is 1.73. The van der Waals surface area contributed by atoms with Gasteiger partial charge in [0, 0.05) is 5.56 Å². The van der Waals surface area contributed by atoms with Gasteiger partial charge in [0.05, 0.1) is 6.20 Å². The highest BCUT2D eigenvalue weighted by Gasteiger charge is 2.08. The standard InChI is InChI=1S/C14H16N4S/c1-9(2)7-10-3-5-11(6-4-10)13-17-18-8-12(15)16-14(18)19-13/h3-6,8-9H,7,15H2,1-2H3. The zero-order chi connectivity index (χ0) is 13.4. The molecule has 0 atom stereocenters. The molecule has 0 amide bonds. The molecule has 98 valence electrons. The van der Waals surface area contributed by atoms with E-state index in [1.54, 1.807) is 22.0 Å². The van der Waals surface area contributed by atoms with E-state index in [1.807, 2.05) is 0 Å². The Balaban J connectivity index is 1.90. The van der Waals surface area contributed by atoms with E-state index in [1.165, 1.54) is 5.56 Å². The molecule has 2 heterocycles. The zero-order valence-corrected chi connectivity index (χ0v) is 11.8. The third kappa shape index (κ3) is 2.46. The van der Waals surface area contributed by atoms with Gasteiger partial charge in [0.15, 0.2) is 0 Å². The second-order valence-corrected chi connectivity index (χ2v) is 6.05. The van der Waals surface area contributed by atoms with E-state index in [9.17, 15) is 0 Å². The fourth-order valence-corrected chi connectivity index (χ4v) is 2.98. The molecule has 1 aromatic carbocycles. The summed E-state index contributed by atoms with van der Waals surface area (Å²) in [6.45, 7) is 4.46. The molecular formula is C14H16N4S. The smallest absolute Gasteiger partial charge is 0.214 e. The first-order chi connectivity index (χ1) is 9.11. The molecule has 0 fully saturated rings. The maximum Gasteiger partial charge on any atom is 0.214 e. The number of imidazole rings is 1. The largest absolute Gasteiger partial charge is 0.382 e. The summed E-state index contributed by atoms with van der Waals surface area (Å²) in [5.41, 5.74) is 8.12. The summed E-state index contributed by atoms with van der Waals surface area (Å²) in [6, 6.07) is 8.60. The predicted molar refractivity (Wildman–Crippen MR) is 79.3 cm³/mol. The highest BCUT2D eigenvalue weighted by molar-refractivity contribution is 7.19. The van der Waals surface area contributed by atoms with Crippen molar-refractivity contribution in [3.8, 4) is 10.6 Å². The third-order valence-electron chi connectivity index (χ3n) is 2.91. The lowest BCUT2D eigenvalue weighted by Gasteiger charge is -2.04. The van der Waals surface area contributed by atoms with Crippen molar-refractivity contribution in [2.45, 2.75) is 20.3 Å². The minimum Gasteiger partial charge on any atom is -0.382 e. The molecule has 2 N–H and O–H groups in total. The molecule has 0 unspecified atom stereocenters. The Kier molecular flexibility index (Phi) is 2.98. The van der Waals surface area contributed by atoms with Gasteiger partial charge >= 0.3 is 0 Å². The number of rotatable bonds is 3. The summed E-state index contributed by atoms with van der Waals surface area (Å²) >= 11 is 1.55. The summed E-state index contributed by atoms with van der Waals surface area (Å²) in [6.07, 6.45) is 2.85. The monoisotopic (exact) mass is 272 g/mol. The molecular weight excluding hydrogens is 256 g/mol. The molecule has 3 aromatic rings. The summed E-state index contributed by atoms with van der Waals surface area (Å²) in [5, 5.41) is 5.46. The van der Waals surface area contributed by atoms with Gasteiger partial charge in [-0.3, -0.25) is 0 Å². The number of anilines is 1. The van der Waals surface area contributed by atoms with Crippen LogP contribution in [0.15, 0.2) is 30.5 Å². The van der Waals surface area contributed by atoms with Crippen molar-refractivity contribution in [2.24, 2.45) is 5.92 Å². The van der Waals surface area contributed by atoms with Crippen molar-refractivity contribution < 1.29 is 0 Å². The van der Waals surface area contributed by atoms with Crippen LogP contribution in [-0.2, 0) is 6.42 Å². The van der Waals surface area contributed by atoms with Crippen molar-refractivity contribution in [1.82, 2.24) is 14.6 Å². The summed E-state index contributed by atoms with van der Waals surface area (Å²) in [4.78, 5) is 5.05. The first-order valence-corrected chi connectivity index (χ1v) is 7.14. The van der Waals surface area contributed by atoms with Crippen LogP contribution in [-0.4, -0.2) is 14.6 Å². The van der Waals surface area contributed by atoms with Gasteiger partial charge in [0.25, 0.3) is 0 Å². The number of nitrogens with zero attached hydrogens (tertiary/aromatic N) is 3. The van der Waals surface area contributed by atoms with Gasteiger partial charge < -0.3 is 5.73 Å². The highest BCUT2D eigenvalue weighted by atomic mass is 32.1. The molecule has 0 aliphatic rings. The first-order valence-electron chi connectivity index (χ1n) is 6.33. The van der Waals surface area contributed by atoms with Gasteiger partial charge in [-0.15, -0.1) is 0 Å². The van der Waals surface area contributed by atoms with E-state index in [-0.39, 0.29) is 0 Å². The molecule has 0 radical (unpaired) electrons. The molecule has 0 bridgehead atoms. The minimum atomic E-state index is 0.512. The maximum atomic E-state index is 5.62. The van der Waals surface area contributed by atoms with Crippen molar-refractivity contribution >= 4 is 22.1 Å². The Morgan fingerprint density at radius 3 is 2.63 bits per heavy atom. The first kappa shape index (κ1) is 12.2. The maximum absolute atomic E-state index is 5.62. The van der Waals surface area contributed by atoms with Gasteiger partial charge in [-0.1, -0.05) is 49.4 Å². The van der Waals surface area contributed by atoms with Crippen molar-refractivity contribution in [3.05, 3.63) is 36.0 Å². The average molecular weight is 272 g/mol. The Morgan fingerprint density at radius 1 is 1.26 bits per heavy atom. The topological polar surface area (TPSA) is 56.2 Å². The minimum absolute atomic E-state index is 0.512. The molecule has 0 saturated carbocycles. The molecule has 4 nitrogen and oxygen atoms in total. The molecule has 5 heteroatoms. The zero-order valence-electron chi connectivity index (χ0n) is 11.0. The number of aromatic nitrogens is 3. The van der Waals surface area contributed by atoms with Crippen LogP contribution in [0.25, 0.3) is 15.5 Å². The van der Waals surface area contributed by atoms with Crippen LogP contribution in [0.3, 0.4) is 0 Å². The lowest BCUT2D eigenvalue weighted by atomic mass is 10.0. The normalized spacial score (nSPS) is 11.5. The van der Waals surface area contributed by atoms with Crippen LogP contribution in [0.4, 0.5) is 5.82 Å². The quantitative estimate of drug-likeness (QED) is 0.796. The number of hydrogen-bond donors (Lipinski definition) is 1. The number of nitrogens with two attached hydrogens (primary N) is 1. The van der Waals surface area contributed by atoms with E-state index >= 15 is 0 Å². The van der Waals surface area contributed by atoms with Crippen molar-refractivity contribution in [1.29, 1.82) is 0 Å². The van der Waals surface area contributed by atoms with E-state index in [0.29, 0.717) is 11.7 Å². The Morgan fingerprint density at radius 2 is 2.00 bits per heavy atom. The lowest BCUT2D eigenvalue weighted by Crippen LogP contribution is -1.93. The second-order valence-electron chi connectivity index (χ2n) is 5.10. The van der Waals surface area contributed by atoms with E-state index in [0.717, 1.165) is 22.0 Å². The molecule has 0 aliphatic carbocycles. The number of hydrogen-bond acceptors (Lipinski definition) is 4. The van der Waals surface area contributed by atoms with Crippen LogP contribution in [0.2, 0.25) is 0 Å². The molecule has 0 spiro atoms. The van der Waals surface area contributed by atoms with Crippen LogP contribution >= 0.6 is 11.3 Å². The fraction of sp³-hybridized carbons (Fsp3) is 0.286. The predicted octanol–water partition coefficient (Wildman–Crippen LogP) is 3.24. The van der Waals surface area contributed by atoms with Gasteiger partial charge in [-0.05, 0) is 17.9 Å². The average Bonchev–Trinajstić information content (AvgIpc) is 2.86. The van der Waals surface area contributed by atoms with Crippen molar-refractivity contribution in [3.63, 3.8) is 0 Å². The van der Waals surface area contributed by atoms with Gasteiger partial charge in [-0.2, -0.15) is 5.10 Å². The second kappa shape index (κ2) is 4.66. The molecule has 3 rings (SSSR count). The summed E-state index contributed by atoms with van der Waals surface area (Å²) in [7, 11) is 0.